The number of ether oxygens (including phenoxy) is 10. The fourth-order valence-corrected chi connectivity index (χ4v) is 7.94. The highest BCUT2D eigenvalue weighted by atomic mass is 16.8. The molecular formula is C45H46O28. The van der Waals surface area contributed by atoms with E-state index < -0.39 is 138 Å². The lowest BCUT2D eigenvalue weighted by Crippen LogP contribution is -2.68. The van der Waals surface area contributed by atoms with Gasteiger partial charge in [-0.25, -0.2) is 19.2 Å². The maximum Gasteiger partial charge on any atom is 0.335 e. The van der Waals surface area contributed by atoms with Gasteiger partial charge in [0.25, 0.3) is 0 Å². The molecule has 15 atom stereocenters. The SMILES string of the molecule is COc1cc(/C=C/C(=O)O[C@H]2[C@H](O[C@@H]3[C@@H](O)[C@H](O[C@H]4[C@H](Oc5cc(O)c6c(=O)cc(-c7cc(OC)c(O)c(OC)c7)oc6c5)O[C@H](C(=O)O)[C@@H](O)[C@@H]4O)O[C@H](C(=O)O)[C@H]3O)O[C@H](C(=O)O)[C@@H](O)[C@@H]2O)ccc1O. The lowest BCUT2D eigenvalue weighted by atomic mass is 9.95. The molecule has 3 aliphatic rings. The number of carbonyl (C=O) groups is 4. The number of aliphatic carboxylic acids is 3. The van der Waals surface area contributed by atoms with E-state index in [0.717, 1.165) is 30.4 Å². The lowest BCUT2D eigenvalue weighted by Gasteiger charge is -2.47. The summed E-state index contributed by atoms with van der Waals surface area (Å²) in [5.41, 5.74) is -0.799. The number of hydrogen-bond donors (Lipinski definition) is 12. The van der Waals surface area contributed by atoms with Gasteiger partial charge in [-0.05, 0) is 35.9 Å². The molecule has 3 fully saturated rings. The summed E-state index contributed by atoms with van der Waals surface area (Å²) in [7, 11) is 3.74. The molecule has 3 aromatic carbocycles. The fraction of sp³-hybridized carbons (Fsp3) is 0.400. The van der Waals surface area contributed by atoms with Crippen LogP contribution in [0.5, 0.6) is 40.2 Å². The Balaban J connectivity index is 1.19. The Labute approximate surface area is 408 Å². The number of phenolic OH excluding ortho intramolecular Hbond substituents is 3. The summed E-state index contributed by atoms with van der Waals surface area (Å²) >= 11 is 0. The third kappa shape index (κ3) is 10.9. The molecule has 4 heterocycles. The van der Waals surface area contributed by atoms with Crippen LogP contribution in [0, 0.1) is 0 Å². The van der Waals surface area contributed by atoms with E-state index in [2.05, 4.69) is 0 Å². The maximum absolute atomic E-state index is 13.3. The molecule has 73 heavy (non-hydrogen) atoms. The summed E-state index contributed by atoms with van der Waals surface area (Å²) in [5.74, 6) is -9.29. The molecule has 394 valence electrons. The summed E-state index contributed by atoms with van der Waals surface area (Å²) in [6, 6.07) is 9.30. The predicted octanol–water partition coefficient (Wildman–Crippen LogP) is -2.03. The van der Waals surface area contributed by atoms with Gasteiger partial charge < -0.3 is 113 Å². The molecule has 3 aliphatic heterocycles. The molecule has 7 rings (SSSR count). The predicted molar refractivity (Wildman–Crippen MR) is 233 cm³/mol. The van der Waals surface area contributed by atoms with E-state index in [-0.39, 0.29) is 51.2 Å². The summed E-state index contributed by atoms with van der Waals surface area (Å²) in [6.45, 7) is 0. The van der Waals surface area contributed by atoms with Crippen molar-refractivity contribution in [3.05, 3.63) is 70.4 Å². The van der Waals surface area contributed by atoms with Gasteiger partial charge in [0.05, 0.1) is 21.3 Å². The van der Waals surface area contributed by atoms with Gasteiger partial charge in [0.15, 0.2) is 71.5 Å². The number of hydrogen-bond acceptors (Lipinski definition) is 25. The third-order valence-corrected chi connectivity index (χ3v) is 11.6. The van der Waals surface area contributed by atoms with Gasteiger partial charge in [0.2, 0.25) is 12.0 Å². The van der Waals surface area contributed by atoms with Crippen LogP contribution in [-0.2, 0) is 47.6 Å². The molecule has 0 spiro atoms. The second-order valence-corrected chi connectivity index (χ2v) is 16.2. The number of fused-ring (bicyclic) bond motifs is 1. The first kappa shape index (κ1) is 53.4. The molecule has 0 bridgehead atoms. The Morgan fingerprint density at radius 3 is 1.71 bits per heavy atom. The second-order valence-electron chi connectivity index (χ2n) is 16.2. The average Bonchev–Trinajstić information content (AvgIpc) is 3.34. The number of carboxylic acids is 3. The van der Waals surface area contributed by atoms with Crippen LogP contribution >= 0.6 is 0 Å². The van der Waals surface area contributed by atoms with Crippen molar-refractivity contribution in [2.24, 2.45) is 0 Å². The number of benzene rings is 3. The molecule has 0 unspecified atom stereocenters. The molecule has 0 amide bonds. The van der Waals surface area contributed by atoms with Crippen molar-refractivity contribution in [2.45, 2.75) is 92.1 Å². The number of carbonyl (C=O) groups excluding carboxylic acids is 1. The van der Waals surface area contributed by atoms with Crippen LogP contribution in [0.25, 0.3) is 28.4 Å². The third-order valence-electron chi connectivity index (χ3n) is 11.6. The highest BCUT2D eigenvalue weighted by Gasteiger charge is 2.57. The van der Waals surface area contributed by atoms with Crippen LogP contribution in [0.4, 0.5) is 0 Å². The monoisotopic (exact) mass is 1030 g/mol. The molecule has 0 radical (unpaired) electrons. The minimum Gasteiger partial charge on any atom is -0.507 e. The van der Waals surface area contributed by atoms with Gasteiger partial charge in [-0.3, -0.25) is 4.79 Å². The number of rotatable bonds is 16. The summed E-state index contributed by atoms with van der Waals surface area (Å²) in [5, 5.41) is 127. The summed E-state index contributed by atoms with van der Waals surface area (Å²) < 4.78 is 59.9. The molecule has 0 saturated carbocycles. The van der Waals surface area contributed by atoms with E-state index in [9.17, 15) is 85.3 Å². The van der Waals surface area contributed by atoms with Crippen LogP contribution in [-0.4, -0.2) is 199 Å². The summed E-state index contributed by atoms with van der Waals surface area (Å²) in [4.78, 5) is 63.2. The van der Waals surface area contributed by atoms with Crippen molar-refractivity contribution in [1.82, 2.24) is 0 Å². The van der Waals surface area contributed by atoms with Crippen LogP contribution in [0.2, 0.25) is 0 Å². The highest BCUT2D eigenvalue weighted by molar-refractivity contribution is 5.88. The van der Waals surface area contributed by atoms with Crippen LogP contribution in [0.1, 0.15) is 5.56 Å². The van der Waals surface area contributed by atoms with E-state index in [1.807, 2.05) is 0 Å². The lowest BCUT2D eigenvalue weighted by molar-refractivity contribution is -0.373. The fourth-order valence-electron chi connectivity index (χ4n) is 7.94. The number of aromatic hydroxyl groups is 3. The number of aliphatic hydroxyl groups excluding tert-OH is 6. The minimum absolute atomic E-state index is 0.0141. The van der Waals surface area contributed by atoms with Crippen molar-refractivity contribution < 1.29 is 132 Å². The van der Waals surface area contributed by atoms with Crippen molar-refractivity contribution in [2.75, 3.05) is 21.3 Å². The normalized spacial score (nSPS) is 30.3. The van der Waals surface area contributed by atoms with Crippen molar-refractivity contribution in [3.8, 4) is 51.6 Å². The first-order valence-corrected chi connectivity index (χ1v) is 21.3. The first-order valence-electron chi connectivity index (χ1n) is 21.3. The zero-order chi connectivity index (χ0) is 53.3. The van der Waals surface area contributed by atoms with E-state index in [0.29, 0.717) is 0 Å². The number of esters is 1. The maximum atomic E-state index is 13.3. The Morgan fingerprint density at radius 1 is 0.575 bits per heavy atom. The quantitative estimate of drug-likeness (QED) is 0.0425. The molecule has 1 aromatic heterocycles. The van der Waals surface area contributed by atoms with E-state index in [1.165, 1.54) is 51.7 Å². The highest BCUT2D eigenvalue weighted by Crippen LogP contribution is 2.42. The van der Waals surface area contributed by atoms with Crippen molar-refractivity contribution >= 4 is 40.9 Å². The van der Waals surface area contributed by atoms with E-state index in [4.69, 9.17) is 51.8 Å². The Kier molecular flexibility index (Phi) is 16.0. The number of phenols is 3. The average molecular weight is 1030 g/mol. The molecular weight excluding hydrogens is 988 g/mol. The summed E-state index contributed by atoms with van der Waals surface area (Å²) in [6.07, 6.45) is -33.6. The van der Waals surface area contributed by atoms with Gasteiger partial charge in [-0.1, -0.05) is 6.07 Å². The molecule has 28 heteroatoms. The first-order chi connectivity index (χ1) is 34.6. The number of methoxy groups -OCH3 is 3. The van der Waals surface area contributed by atoms with E-state index in [1.54, 1.807) is 0 Å². The Morgan fingerprint density at radius 2 is 1.12 bits per heavy atom. The Bertz CT molecular complexity index is 2780. The van der Waals surface area contributed by atoms with Gasteiger partial charge in [-0.2, -0.15) is 0 Å². The van der Waals surface area contributed by atoms with Gasteiger partial charge in [0.1, 0.15) is 71.0 Å². The second kappa shape index (κ2) is 21.8. The molecule has 12 N–H and O–H groups in total. The van der Waals surface area contributed by atoms with Crippen LogP contribution in [0.3, 0.4) is 0 Å². The van der Waals surface area contributed by atoms with E-state index >= 15 is 0 Å². The molecule has 4 aromatic rings. The van der Waals surface area contributed by atoms with Gasteiger partial charge in [0, 0.05) is 29.8 Å². The number of carboxylic acid groups (broad SMARTS) is 3. The van der Waals surface area contributed by atoms with Crippen molar-refractivity contribution in [3.63, 3.8) is 0 Å². The Hall–Kier alpha value is -7.35. The largest absolute Gasteiger partial charge is 0.507 e. The zero-order valence-corrected chi connectivity index (χ0v) is 37.8. The molecule has 0 aliphatic carbocycles. The minimum atomic E-state index is -2.50. The van der Waals surface area contributed by atoms with Crippen LogP contribution < -0.4 is 24.4 Å². The van der Waals surface area contributed by atoms with Gasteiger partial charge >= 0.3 is 23.9 Å². The topological polar surface area (TPSA) is 434 Å². The molecule has 28 nitrogen and oxygen atoms in total. The van der Waals surface area contributed by atoms with Crippen molar-refractivity contribution in [1.29, 1.82) is 0 Å². The van der Waals surface area contributed by atoms with Gasteiger partial charge in [-0.15, -0.1) is 0 Å². The van der Waals surface area contributed by atoms with Crippen LogP contribution in [0.15, 0.2) is 63.8 Å². The standard InChI is InChI=1S/C45H46O28/c1-63-21-8-14(4-6-17(21)46)5-7-25(49)68-38-30(53)28(51)36(41(59)60)72-45(38)69-34-32(55)37(42(61)62)70-43(33(34)56)73-39-31(54)29(52)35(40(57)58)71-44(39)66-16-11-18(47)26-19(48)13-20(67-22(26)12-16)15-9-23(64-2)27(50)24(10-15)65-3/h4-13,28-39,43-47,50-56H,1-3H3,(H,57,58)(H,59,60)(H,61,62)/b7-5+/t28-,29-,30-,31-,32-,33+,34-,35-,36-,37-,38+,39+,43-,44+,45+/m0/s1. The number of aliphatic hydroxyl groups is 6. The molecule has 3 saturated heterocycles. The smallest absolute Gasteiger partial charge is 0.335 e. The zero-order valence-electron chi connectivity index (χ0n) is 37.8.